The normalized spacial score (nSPS) is 11.7. The van der Waals surface area contributed by atoms with Crippen LogP contribution in [0.2, 0.25) is 0 Å². The number of nitrogens with one attached hydrogen (secondary N) is 3. The summed E-state index contributed by atoms with van der Waals surface area (Å²) in [5.74, 6) is -0.390. The van der Waals surface area contributed by atoms with Gasteiger partial charge in [0, 0.05) is 16.9 Å². The van der Waals surface area contributed by atoms with E-state index in [1.54, 1.807) is 50.2 Å². The Bertz CT molecular complexity index is 1060. The lowest BCUT2D eigenvalue weighted by atomic mass is 10.1. The maximum Gasteiger partial charge on any atom is 0.255 e. The highest BCUT2D eigenvalue weighted by Crippen LogP contribution is 2.20. The first-order chi connectivity index (χ1) is 13.0. The summed E-state index contributed by atoms with van der Waals surface area (Å²) in [6.07, 6.45) is 1.55. The van der Waals surface area contributed by atoms with Gasteiger partial charge >= 0.3 is 0 Å². The van der Waals surface area contributed by atoms with E-state index < -0.39 is 26.0 Å². The predicted molar refractivity (Wildman–Crippen MR) is 112 cm³/mol. The molecule has 0 radical (unpaired) electrons. The van der Waals surface area contributed by atoms with Gasteiger partial charge in [-0.25, -0.2) is 16.8 Å². The summed E-state index contributed by atoms with van der Waals surface area (Å²) in [7, 11) is -6.84. The molecule has 0 aliphatic carbocycles. The average Bonchev–Trinajstić information content (AvgIpc) is 2.57. The van der Waals surface area contributed by atoms with Gasteiger partial charge in [-0.3, -0.25) is 14.2 Å². The third kappa shape index (κ3) is 6.54. The number of amides is 1. The Balaban J connectivity index is 2.12. The van der Waals surface area contributed by atoms with Crippen molar-refractivity contribution in [2.45, 2.75) is 20.3 Å². The number of benzene rings is 2. The number of anilines is 3. The summed E-state index contributed by atoms with van der Waals surface area (Å²) in [4.78, 5) is 12.4. The van der Waals surface area contributed by atoms with Crippen molar-refractivity contribution in [1.82, 2.24) is 0 Å². The minimum Gasteiger partial charge on any atom is -0.322 e. The van der Waals surface area contributed by atoms with Gasteiger partial charge in [0.25, 0.3) is 5.91 Å². The monoisotopic (exact) mass is 425 g/mol. The molecule has 0 aromatic heterocycles. The number of rotatable bonds is 8. The highest BCUT2D eigenvalue weighted by molar-refractivity contribution is 7.92. The fraction of sp³-hybridized carbons (Fsp3) is 0.278. The van der Waals surface area contributed by atoms with Crippen molar-refractivity contribution >= 4 is 43.0 Å². The lowest BCUT2D eigenvalue weighted by Crippen LogP contribution is -2.16. The number of hydrogen-bond acceptors (Lipinski definition) is 5. The summed E-state index contributed by atoms with van der Waals surface area (Å²) in [5.41, 5.74) is 2.18. The molecule has 0 heterocycles. The SMILES string of the molecule is CCCS(=O)(=O)Nc1ccc(NC(=O)c2ccc(C)c(NS(C)(=O)=O)c2)cc1. The van der Waals surface area contributed by atoms with Gasteiger partial charge < -0.3 is 5.32 Å². The third-order valence-electron chi connectivity index (χ3n) is 3.68. The summed E-state index contributed by atoms with van der Waals surface area (Å²) in [5, 5.41) is 2.69. The Hall–Kier alpha value is -2.59. The van der Waals surface area contributed by atoms with Gasteiger partial charge in [-0.1, -0.05) is 13.0 Å². The summed E-state index contributed by atoms with van der Waals surface area (Å²) >= 11 is 0. The van der Waals surface area contributed by atoms with Crippen LogP contribution in [-0.4, -0.2) is 34.8 Å². The largest absolute Gasteiger partial charge is 0.322 e. The first-order valence-electron chi connectivity index (χ1n) is 8.49. The summed E-state index contributed by atoms with van der Waals surface area (Å²) in [6.45, 7) is 3.51. The zero-order valence-corrected chi connectivity index (χ0v) is 17.4. The van der Waals surface area contributed by atoms with Crippen LogP contribution in [0.4, 0.5) is 17.1 Å². The minimum atomic E-state index is -3.46. The zero-order chi connectivity index (χ0) is 20.9. The maximum absolute atomic E-state index is 12.4. The third-order valence-corrected chi connectivity index (χ3v) is 5.77. The summed E-state index contributed by atoms with van der Waals surface area (Å²) < 4.78 is 51.3. The van der Waals surface area contributed by atoms with Crippen LogP contribution in [0.3, 0.4) is 0 Å². The van der Waals surface area contributed by atoms with Crippen molar-refractivity contribution in [3.05, 3.63) is 53.6 Å². The first-order valence-corrected chi connectivity index (χ1v) is 12.0. The molecule has 2 aromatic rings. The van der Waals surface area contributed by atoms with Gasteiger partial charge in [0.15, 0.2) is 0 Å². The molecule has 0 atom stereocenters. The second kappa shape index (κ2) is 8.61. The van der Waals surface area contributed by atoms with Gasteiger partial charge in [0.2, 0.25) is 20.0 Å². The van der Waals surface area contributed by atoms with Crippen molar-refractivity contribution in [2.24, 2.45) is 0 Å². The Morgan fingerprint density at radius 3 is 2.11 bits per heavy atom. The van der Waals surface area contributed by atoms with E-state index in [4.69, 9.17) is 0 Å². The molecule has 0 aliphatic rings. The molecule has 0 saturated carbocycles. The molecule has 0 aliphatic heterocycles. The van der Waals surface area contributed by atoms with Crippen molar-refractivity contribution in [2.75, 3.05) is 26.8 Å². The molecule has 2 aromatic carbocycles. The van der Waals surface area contributed by atoms with E-state index in [9.17, 15) is 21.6 Å². The van der Waals surface area contributed by atoms with Gasteiger partial charge in [-0.2, -0.15) is 0 Å². The lowest BCUT2D eigenvalue weighted by Gasteiger charge is -2.11. The Kier molecular flexibility index (Phi) is 6.68. The van der Waals surface area contributed by atoms with Crippen LogP contribution in [-0.2, 0) is 20.0 Å². The summed E-state index contributed by atoms with van der Waals surface area (Å²) in [6, 6.07) is 10.9. The smallest absolute Gasteiger partial charge is 0.255 e. The second-order valence-electron chi connectivity index (χ2n) is 6.36. The van der Waals surface area contributed by atoms with Crippen molar-refractivity contribution in [3.63, 3.8) is 0 Å². The molecule has 28 heavy (non-hydrogen) atoms. The fourth-order valence-electron chi connectivity index (χ4n) is 2.40. The molecule has 0 bridgehead atoms. The Morgan fingerprint density at radius 2 is 1.54 bits per heavy atom. The molecule has 1 amide bonds. The van der Waals surface area contributed by atoms with Crippen LogP contribution < -0.4 is 14.8 Å². The Labute approximate surface area is 165 Å². The molecule has 152 valence electrons. The van der Waals surface area contributed by atoms with Crippen LogP contribution in [0.5, 0.6) is 0 Å². The van der Waals surface area contributed by atoms with Crippen LogP contribution in [0.15, 0.2) is 42.5 Å². The quantitative estimate of drug-likeness (QED) is 0.600. The van der Waals surface area contributed by atoms with E-state index in [1.165, 1.54) is 6.07 Å². The molecule has 10 heteroatoms. The molecule has 2 rings (SSSR count). The van der Waals surface area contributed by atoms with Crippen LogP contribution in [0.25, 0.3) is 0 Å². The average molecular weight is 426 g/mol. The van der Waals surface area contributed by atoms with Crippen LogP contribution in [0, 0.1) is 6.92 Å². The van der Waals surface area contributed by atoms with E-state index >= 15 is 0 Å². The van der Waals surface area contributed by atoms with E-state index in [2.05, 4.69) is 14.8 Å². The standard InChI is InChI=1S/C18H23N3O5S2/c1-4-11-28(25,26)20-16-9-7-15(8-10-16)19-18(22)14-6-5-13(2)17(12-14)21-27(3,23)24/h5-10,12,20-21H,4,11H2,1-3H3,(H,19,22). The minimum absolute atomic E-state index is 0.0305. The van der Waals surface area contributed by atoms with Crippen molar-refractivity contribution < 1.29 is 21.6 Å². The molecule has 0 unspecified atom stereocenters. The number of aryl methyl sites for hydroxylation is 1. The molecular formula is C18H23N3O5S2. The first kappa shape index (κ1) is 21.7. The molecule has 0 saturated heterocycles. The molecule has 3 N–H and O–H groups in total. The van der Waals surface area contributed by atoms with Gasteiger partial charge in [0.1, 0.15) is 0 Å². The molecular weight excluding hydrogens is 402 g/mol. The molecule has 0 spiro atoms. The number of sulfonamides is 2. The Morgan fingerprint density at radius 1 is 0.929 bits per heavy atom. The van der Waals surface area contributed by atoms with Crippen LogP contribution in [0.1, 0.15) is 29.3 Å². The second-order valence-corrected chi connectivity index (χ2v) is 9.95. The van der Waals surface area contributed by atoms with Gasteiger partial charge in [0.05, 0.1) is 17.7 Å². The number of carbonyl (C=O) groups is 1. The van der Waals surface area contributed by atoms with Gasteiger partial charge in [-0.05, 0) is 55.3 Å². The highest BCUT2D eigenvalue weighted by atomic mass is 32.2. The zero-order valence-electron chi connectivity index (χ0n) is 15.8. The van der Waals surface area contributed by atoms with E-state index in [-0.39, 0.29) is 11.3 Å². The highest BCUT2D eigenvalue weighted by Gasteiger charge is 2.12. The fourth-order valence-corrected chi connectivity index (χ4v) is 4.15. The van der Waals surface area contributed by atoms with Crippen molar-refractivity contribution in [3.8, 4) is 0 Å². The number of carbonyl (C=O) groups excluding carboxylic acids is 1. The number of hydrogen-bond donors (Lipinski definition) is 3. The van der Waals surface area contributed by atoms with E-state index in [0.717, 1.165) is 6.26 Å². The van der Waals surface area contributed by atoms with Crippen molar-refractivity contribution in [1.29, 1.82) is 0 Å². The van der Waals surface area contributed by atoms with Crippen LogP contribution >= 0.6 is 0 Å². The predicted octanol–water partition coefficient (Wildman–Crippen LogP) is 2.77. The van der Waals surface area contributed by atoms with Gasteiger partial charge in [-0.15, -0.1) is 0 Å². The van der Waals surface area contributed by atoms with E-state index in [1.807, 2.05) is 0 Å². The topological polar surface area (TPSA) is 121 Å². The maximum atomic E-state index is 12.4. The lowest BCUT2D eigenvalue weighted by molar-refractivity contribution is 0.102. The molecule has 0 fully saturated rings. The van der Waals surface area contributed by atoms with E-state index in [0.29, 0.717) is 29.0 Å². The molecule has 8 nitrogen and oxygen atoms in total.